The smallest absolute Gasteiger partial charge is 0.387 e. The maximum absolute atomic E-state index is 12.9. The van der Waals surface area contributed by atoms with Crippen LogP contribution in [0.3, 0.4) is 0 Å². The first-order chi connectivity index (χ1) is 14.3. The van der Waals surface area contributed by atoms with E-state index in [9.17, 15) is 18.4 Å². The number of aromatic nitrogens is 2. The molecule has 1 atom stereocenters. The van der Waals surface area contributed by atoms with Gasteiger partial charge in [0.15, 0.2) is 6.10 Å². The predicted molar refractivity (Wildman–Crippen MR) is 105 cm³/mol. The highest BCUT2D eigenvalue weighted by molar-refractivity contribution is 6.02. The van der Waals surface area contributed by atoms with E-state index in [0.717, 1.165) is 5.69 Å². The average Bonchev–Trinajstić information content (AvgIpc) is 3.02. The van der Waals surface area contributed by atoms with Gasteiger partial charge < -0.3 is 14.0 Å². The van der Waals surface area contributed by atoms with Crippen LogP contribution in [-0.4, -0.2) is 34.0 Å². The Labute approximate surface area is 172 Å². The van der Waals surface area contributed by atoms with E-state index in [1.165, 1.54) is 43.6 Å². The fraction of sp³-hybridized carbons (Fsp3) is 0.227. The Morgan fingerprint density at radius 2 is 1.67 bits per heavy atom. The van der Waals surface area contributed by atoms with Crippen LogP contribution < -0.4 is 4.74 Å². The number of aryl methyl sites for hydroxylation is 1. The summed E-state index contributed by atoms with van der Waals surface area (Å²) in [5.41, 5.74) is 2.82. The molecule has 30 heavy (non-hydrogen) atoms. The van der Waals surface area contributed by atoms with Gasteiger partial charge in [-0.1, -0.05) is 0 Å². The molecule has 2 aromatic heterocycles. The molecule has 8 heteroatoms. The van der Waals surface area contributed by atoms with Gasteiger partial charge >= 0.3 is 12.6 Å². The number of hydrogen-bond donors (Lipinski definition) is 0. The second-order valence-corrected chi connectivity index (χ2v) is 6.64. The summed E-state index contributed by atoms with van der Waals surface area (Å²) in [4.78, 5) is 28.9. The summed E-state index contributed by atoms with van der Waals surface area (Å²) < 4.78 is 36.2. The number of rotatable bonds is 7. The van der Waals surface area contributed by atoms with Gasteiger partial charge in [-0.25, -0.2) is 4.79 Å². The van der Waals surface area contributed by atoms with Crippen molar-refractivity contribution >= 4 is 11.8 Å². The normalized spacial score (nSPS) is 11.9. The van der Waals surface area contributed by atoms with E-state index in [0.29, 0.717) is 22.5 Å². The molecular weight excluding hydrogens is 394 g/mol. The Bertz CT molecular complexity index is 1050. The SMILES string of the molecule is Cc1cc(C(=O)[C@@H](C)OC(=O)c2ccncc2)c(C)n1-c1ccc(OC(F)F)cc1. The van der Waals surface area contributed by atoms with E-state index in [1.807, 2.05) is 11.5 Å². The Balaban J connectivity index is 1.80. The Kier molecular flexibility index (Phi) is 6.25. The highest BCUT2D eigenvalue weighted by Crippen LogP contribution is 2.25. The summed E-state index contributed by atoms with van der Waals surface area (Å²) in [6, 6.07) is 10.8. The van der Waals surface area contributed by atoms with Crippen molar-refractivity contribution in [2.45, 2.75) is 33.5 Å². The third-order valence-corrected chi connectivity index (χ3v) is 4.59. The predicted octanol–water partition coefficient (Wildman–Crippen LogP) is 4.52. The molecule has 1 aromatic carbocycles. The largest absolute Gasteiger partial charge is 0.451 e. The molecule has 0 fully saturated rings. The van der Waals surface area contributed by atoms with E-state index in [1.54, 1.807) is 25.1 Å². The molecule has 0 amide bonds. The number of benzene rings is 1. The number of nitrogens with zero attached hydrogens (tertiary/aromatic N) is 2. The van der Waals surface area contributed by atoms with E-state index in [2.05, 4.69) is 9.72 Å². The van der Waals surface area contributed by atoms with Crippen LogP contribution in [0.25, 0.3) is 5.69 Å². The monoisotopic (exact) mass is 414 g/mol. The number of alkyl halides is 2. The molecule has 3 rings (SSSR count). The zero-order valence-corrected chi connectivity index (χ0v) is 16.6. The van der Waals surface area contributed by atoms with Crippen molar-refractivity contribution < 1.29 is 27.8 Å². The van der Waals surface area contributed by atoms with Crippen LogP contribution in [0.15, 0.2) is 54.9 Å². The number of halogens is 2. The Morgan fingerprint density at radius 1 is 1.03 bits per heavy atom. The molecular formula is C22H20F2N2O4. The maximum Gasteiger partial charge on any atom is 0.387 e. The molecule has 6 nitrogen and oxygen atoms in total. The standard InChI is InChI=1S/C22H20F2N2O4/c1-13-12-19(20(27)15(3)29-21(28)16-8-10-25-11-9-16)14(2)26(13)17-4-6-18(7-5-17)30-22(23)24/h4-12,15,22H,1-3H3/t15-/m1/s1. The van der Waals surface area contributed by atoms with Crippen LogP contribution in [0.2, 0.25) is 0 Å². The topological polar surface area (TPSA) is 70.4 Å². The van der Waals surface area contributed by atoms with Gasteiger partial charge in [0, 0.05) is 35.0 Å². The van der Waals surface area contributed by atoms with Gasteiger partial charge in [-0.15, -0.1) is 0 Å². The molecule has 0 N–H and O–H groups in total. The van der Waals surface area contributed by atoms with Gasteiger partial charge in [0.05, 0.1) is 5.56 Å². The fourth-order valence-corrected chi connectivity index (χ4v) is 3.18. The second kappa shape index (κ2) is 8.86. The van der Waals surface area contributed by atoms with Crippen LogP contribution >= 0.6 is 0 Å². The number of esters is 1. The fourth-order valence-electron chi connectivity index (χ4n) is 3.18. The van der Waals surface area contributed by atoms with Crippen LogP contribution in [-0.2, 0) is 4.74 Å². The summed E-state index contributed by atoms with van der Waals surface area (Å²) in [6.07, 6.45) is 1.95. The average molecular weight is 414 g/mol. The number of carbonyl (C=O) groups excluding carboxylic acids is 2. The lowest BCUT2D eigenvalue weighted by atomic mass is 10.1. The molecule has 0 unspecified atom stereocenters. The molecule has 2 heterocycles. The van der Waals surface area contributed by atoms with Crippen molar-refractivity contribution in [2.24, 2.45) is 0 Å². The van der Waals surface area contributed by atoms with Gasteiger partial charge in [-0.05, 0) is 63.2 Å². The Morgan fingerprint density at radius 3 is 2.27 bits per heavy atom. The van der Waals surface area contributed by atoms with Gasteiger partial charge in [0.25, 0.3) is 0 Å². The van der Waals surface area contributed by atoms with Crippen molar-refractivity contribution in [1.29, 1.82) is 0 Å². The van der Waals surface area contributed by atoms with Crippen molar-refractivity contribution in [3.63, 3.8) is 0 Å². The van der Waals surface area contributed by atoms with E-state index in [4.69, 9.17) is 4.74 Å². The lowest BCUT2D eigenvalue weighted by Crippen LogP contribution is -2.25. The molecule has 3 aromatic rings. The first-order valence-electron chi connectivity index (χ1n) is 9.17. The van der Waals surface area contributed by atoms with Crippen molar-refractivity contribution in [1.82, 2.24) is 9.55 Å². The lowest BCUT2D eigenvalue weighted by Gasteiger charge is -2.14. The van der Waals surface area contributed by atoms with Crippen LogP contribution in [0.5, 0.6) is 5.75 Å². The van der Waals surface area contributed by atoms with Gasteiger partial charge in [0.1, 0.15) is 5.75 Å². The van der Waals surface area contributed by atoms with Gasteiger partial charge in [-0.2, -0.15) is 8.78 Å². The molecule has 0 aliphatic rings. The minimum absolute atomic E-state index is 0.0455. The van der Waals surface area contributed by atoms with Crippen LogP contribution in [0, 0.1) is 13.8 Å². The Hall–Kier alpha value is -3.55. The number of ketones is 1. The molecule has 156 valence electrons. The molecule has 0 aliphatic heterocycles. The summed E-state index contributed by atoms with van der Waals surface area (Å²) in [5, 5.41) is 0. The van der Waals surface area contributed by atoms with Gasteiger partial charge in [0.2, 0.25) is 5.78 Å². The maximum atomic E-state index is 12.9. The summed E-state index contributed by atoms with van der Waals surface area (Å²) in [6.45, 7) is 2.21. The summed E-state index contributed by atoms with van der Waals surface area (Å²) in [7, 11) is 0. The zero-order chi connectivity index (χ0) is 21.8. The van der Waals surface area contributed by atoms with E-state index >= 15 is 0 Å². The van der Waals surface area contributed by atoms with Crippen LogP contribution in [0.1, 0.15) is 39.0 Å². The third-order valence-electron chi connectivity index (χ3n) is 4.59. The molecule has 0 aliphatic carbocycles. The second-order valence-electron chi connectivity index (χ2n) is 6.64. The van der Waals surface area contributed by atoms with Crippen molar-refractivity contribution in [3.05, 3.63) is 77.4 Å². The minimum atomic E-state index is -2.90. The van der Waals surface area contributed by atoms with Gasteiger partial charge in [-0.3, -0.25) is 9.78 Å². The third kappa shape index (κ3) is 4.53. The first kappa shape index (κ1) is 21.2. The zero-order valence-electron chi connectivity index (χ0n) is 16.6. The molecule has 0 saturated heterocycles. The van der Waals surface area contributed by atoms with Crippen LogP contribution in [0.4, 0.5) is 8.78 Å². The first-order valence-corrected chi connectivity index (χ1v) is 9.17. The number of carbonyl (C=O) groups is 2. The molecule has 0 spiro atoms. The quantitative estimate of drug-likeness (QED) is 0.420. The highest BCUT2D eigenvalue weighted by atomic mass is 19.3. The highest BCUT2D eigenvalue weighted by Gasteiger charge is 2.25. The van der Waals surface area contributed by atoms with Crippen molar-refractivity contribution in [2.75, 3.05) is 0 Å². The number of pyridine rings is 1. The number of hydrogen-bond acceptors (Lipinski definition) is 5. The minimum Gasteiger partial charge on any atom is -0.451 e. The number of ether oxygens (including phenoxy) is 2. The number of Topliss-reactive ketones (excluding diaryl/α,β-unsaturated/α-hetero) is 1. The molecule has 0 bridgehead atoms. The van der Waals surface area contributed by atoms with Crippen molar-refractivity contribution in [3.8, 4) is 11.4 Å². The lowest BCUT2D eigenvalue weighted by molar-refractivity contribution is -0.0498. The summed E-state index contributed by atoms with van der Waals surface area (Å²) in [5.74, 6) is -0.903. The van der Waals surface area contributed by atoms with E-state index in [-0.39, 0.29) is 11.5 Å². The molecule has 0 saturated carbocycles. The summed E-state index contributed by atoms with van der Waals surface area (Å²) >= 11 is 0. The molecule has 0 radical (unpaired) electrons. The van der Waals surface area contributed by atoms with E-state index < -0.39 is 18.7 Å².